The number of halogens is 1. The zero-order valence-corrected chi connectivity index (χ0v) is 14.5. The number of nitrogens with one attached hydrogen (secondary N) is 1. The van der Waals surface area contributed by atoms with E-state index in [1.54, 1.807) is 24.3 Å². The number of aryl methyl sites for hydroxylation is 1. The van der Waals surface area contributed by atoms with Gasteiger partial charge in [-0.15, -0.1) is 0 Å². The van der Waals surface area contributed by atoms with Gasteiger partial charge in [0, 0.05) is 12.2 Å². The standard InChI is InChI=1S/C20H17FN6/c21-15-5-9-17(10-6-15)27-20(24)18(13-23)19(26-27)2-1-11-25-16-7-3-14(12-22)4-8-16/h3-10,25H,1-2,11,24H2. The number of nitrogens with two attached hydrogens (primary N) is 1. The first kappa shape index (κ1) is 18.0. The maximum absolute atomic E-state index is 13.1. The molecule has 134 valence electrons. The molecule has 6 nitrogen and oxygen atoms in total. The Morgan fingerprint density at radius 3 is 2.37 bits per heavy atom. The third kappa shape index (κ3) is 4.05. The predicted octanol–water partition coefficient (Wildman–Crippen LogP) is 3.38. The van der Waals surface area contributed by atoms with Gasteiger partial charge in [0.25, 0.3) is 0 Å². The van der Waals surface area contributed by atoms with Gasteiger partial charge < -0.3 is 11.1 Å². The van der Waals surface area contributed by atoms with Crippen molar-refractivity contribution in [2.24, 2.45) is 0 Å². The molecule has 0 aliphatic rings. The minimum absolute atomic E-state index is 0.249. The van der Waals surface area contributed by atoms with E-state index < -0.39 is 0 Å². The van der Waals surface area contributed by atoms with Gasteiger partial charge in [-0.3, -0.25) is 0 Å². The van der Waals surface area contributed by atoms with Crippen LogP contribution in [0.1, 0.15) is 23.2 Å². The Hall–Kier alpha value is -3.84. The molecule has 3 aromatic rings. The van der Waals surface area contributed by atoms with Crippen molar-refractivity contribution in [3.05, 3.63) is 71.2 Å². The van der Waals surface area contributed by atoms with Crippen LogP contribution in [0.4, 0.5) is 15.9 Å². The molecule has 7 heteroatoms. The maximum Gasteiger partial charge on any atom is 0.145 e. The van der Waals surface area contributed by atoms with E-state index in [1.807, 2.05) is 12.1 Å². The van der Waals surface area contributed by atoms with Gasteiger partial charge in [0.15, 0.2) is 0 Å². The molecule has 0 aliphatic heterocycles. The van der Waals surface area contributed by atoms with Crippen molar-refractivity contribution in [1.29, 1.82) is 10.5 Å². The summed E-state index contributed by atoms with van der Waals surface area (Å²) in [6, 6.07) is 17.2. The first-order valence-corrected chi connectivity index (χ1v) is 8.40. The second-order valence-electron chi connectivity index (χ2n) is 5.93. The van der Waals surface area contributed by atoms with E-state index in [4.69, 9.17) is 11.0 Å². The van der Waals surface area contributed by atoms with E-state index in [2.05, 4.69) is 22.6 Å². The van der Waals surface area contributed by atoms with Gasteiger partial charge in [-0.2, -0.15) is 15.6 Å². The molecule has 3 rings (SSSR count). The lowest BCUT2D eigenvalue weighted by atomic mass is 10.1. The van der Waals surface area contributed by atoms with Crippen molar-refractivity contribution in [3.63, 3.8) is 0 Å². The summed E-state index contributed by atoms with van der Waals surface area (Å²) < 4.78 is 14.6. The molecule has 0 aliphatic carbocycles. The fourth-order valence-electron chi connectivity index (χ4n) is 2.71. The second kappa shape index (κ2) is 8.03. The van der Waals surface area contributed by atoms with Crippen molar-refractivity contribution in [3.8, 4) is 17.8 Å². The Kier molecular flexibility index (Phi) is 5.34. The highest BCUT2D eigenvalue weighted by atomic mass is 19.1. The number of benzene rings is 2. The number of rotatable bonds is 6. The van der Waals surface area contributed by atoms with Gasteiger partial charge >= 0.3 is 0 Å². The molecule has 0 saturated carbocycles. The quantitative estimate of drug-likeness (QED) is 0.656. The van der Waals surface area contributed by atoms with Crippen LogP contribution in [-0.2, 0) is 6.42 Å². The lowest BCUT2D eigenvalue weighted by Crippen LogP contribution is -2.04. The summed E-state index contributed by atoms with van der Waals surface area (Å²) in [5.74, 6) is -0.0988. The van der Waals surface area contributed by atoms with Crippen LogP contribution in [-0.4, -0.2) is 16.3 Å². The Morgan fingerprint density at radius 2 is 1.74 bits per heavy atom. The zero-order valence-electron chi connectivity index (χ0n) is 14.5. The number of hydrogen-bond acceptors (Lipinski definition) is 5. The Balaban J connectivity index is 1.66. The lowest BCUT2D eigenvalue weighted by Gasteiger charge is -2.05. The van der Waals surface area contributed by atoms with Gasteiger partial charge in [-0.05, 0) is 61.4 Å². The minimum atomic E-state index is -0.348. The van der Waals surface area contributed by atoms with E-state index in [0.29, 0.717) is 35.5 Å². The van der Waals surface area contributed by atoms with Crippen molar-refractivity contribution in [2.75, 3.05) is 17.6 Å². The molecule has 0 radical (unpaired) electrons. The van der Waals surface area contributed by atoms with Crippen LogP contribution < -0.4 is 11.1 Å². The zero-order chi connectivity index (χ0) is 19.2. The normalized spacial score (nSPS) is 10.2. The summed E-state index contributed by atoms with van der Waals surface area (Å²) in [5, 5.41) is 25.9. The average molecular weight is 360 g/mol. The highest BCUT2D eigenvalue weighted by Crippen LogP contribution is 2.22. The van der Waals surface area contributed by atoms with Crippen LogP contribution in [0.5, 0.6) is 0 Å². The fourth-order valence-corrected chi connectivity index (χ4v) is 2.71. The third-order valence-corrected chi connectivity index (χ3v) is 4.11. The molecule has 0 amide bonds. The molecule has 3 N–H and O–H groups in total. The third-order valence-electron chi connectivity index (χ3n) is 4.11. The molecule has 2 aromatic carbocycles. The molecule has 0 unspecified atom stereocenters. The lowest BCUT2D eigenvalue weighted by molar-refractivity contribution is 0.627. The predicted molar refractivity (Wildman–Crippen MR) is 101 cm³/mol. The van der Waals surface area contributed by atoms with Crippen LogP contribution in [0.25, 0.3) is 5.69 Å². The SMILES string of the molecule is N#Cc1ccc(NCCCc2nn(-c3ccc(F)cc3)c(N)c2C#N)cc1. The topological polar surface area (TPSA) is 103 Å². The van der Waals surface area contributed by atoms with Gasteiger partial charge in [-0.25, -0.2) is 9.07 Å². The number of nitriles is 2. The first-order chi connectivity index (χ1) is 13.1. The summed E-state index contributed by atoms with van der Waals surface area (Å²) >= 11 is 0. The summed E-state index contributed by atoms with van der Waals surface area (Å²) in [5.41, 5.74) is 9.14. The van der Waals surface area contributed by atoms with Crippen molar-refractivity contribution in [1.82, 2.24) is 9.78 Å². The molecule has 0 spiro atoms. The molecule has 27 heavy (non-hydrogen) atoms. The van der Waals surface area contributed by atoms with Crippen LogP contribution in [0.3, 0.4) is 0 Å². The van der Waals surface area contributed by atoms with E-state index in [0.717, 1.165) is 12.1 Å². The minimum Gasteiger partial charge on any atom is -0.385 e. The van der Waals surface area contributed by atoms with Gasteiger partial charge in [-0.1, -0.05) is 0 Å². The molecular weight excluding hydrogens is 343 g/mol. The summed E-state index contributed by atoms with van der Waals surface area (Å²) in [4.78, 5) is 0. The molecule has 0 saturated heterocycles. The first-order valence-electron chi connectivity index (χ1n) is 8.40. The Morgan fingerprint density at radius 1 is 1.04 bits per heavy atom. The number of aromatic nitrogens is 2. The van der Waals surface area contributed by atoms with E-state index in [9.17, 15) is 9.65 Å². The summed E-state index contributed by atoms with van der Waals surface area (Å²) in [6.45, 7) is 0.681. The van der Waals surface area contributed by atoms with E-state index >= 15 is 0 Å². The van der Waals surface area contributed by atoms with Crippen LogP contribution in [0, 0.1) is 28.5 Å². The van der Waals surface area contributed by atoms with Gasteiger partial charge in [0.1, 0.15) is 23.3 Å². The second-order valence-corrected chi connectivity index (χ2v) is 5.93. The molecule has 1 aromatic heterocycles. The van der Waals surface area contributed by atoms with E-state index in [-0.39, 0.29) is 11.6 Å². The average Bonchev–Trinajstić information content (AvgIpc) is 3.01. The van der Waals surface area contributed by atoms with Gasteiger partial charge in [0.05, 0.1) is 23.0 Å². The Labute approximate surface area is 156 Å². The summed E-state index contributed by atoms with van der Waals surface area (Å²) in [6.07, 6.45) is 1.32. The number of anilines is 2. The van der Waals surface area contributed by atoms with Crippen molar-refractivity contribution < 1.29 is 4.39 Å². The van der Waals surface area contributed by atoms with Crippen LogP contribution >= 0.6 is 0 Å². The fraction of sp³-hybridized carbons (Fsp3) is 0.150. The summed E-state index contributed by atoms with van der Waals surface area (Å²) in [7, 11) is 0. The molecule has 0 atom stereocenters. The highest BCUT2D eigenvalue weighted by Gasteiger charge is 2.16. The number of nitrogens with zero attached hydrogens (tertiary/aromatic N) is 4. The molecule has 0 fully saturated rings. The smallest absolute Gasteiger partial charge is 0.145 e. The number of nitrogen functional groups attached to an aromatic ring is 1. The van der Waals surface area contributed by atoms with Crippen molar-refractivity contribution in [2.45, 2.75) is 12.8 Å². The van der Waals surface area contributed by atoms with Gasteiger partial charge in [0.2, 0.25) is 0 Å². The van der Waals surface area contributed by atoms with Crippen LogP contribution in [0.2, 0.25) is 0 Å². The highest BCUT2D eigenvalue weighted by molar-refractivity contribution is 5.56. The number of hydrogen-bond donors (Lipinski definition) is 2. The molecule has 0 bridgehead atoms. The Bertz CT molecular complexity index is 1010. The molecular formula is C20H17FN6. The van der Waals surface area contributed by atoms with Crippen molar-refractivity contribution >= 4 is 11.5 Å². The maximum atomic E-state index is 13.1. The largest absolute Gasteiger partial charge is 0.385 e. The molecule has 1 heterocycles. The van der Waals surface area contributed by atoms with Crippen LogP contribution in [0.15, 0.2) is 48.5 Å². The van der Waals surface area contributed by atoms with E-state index in [1.165, 1.54) is 16.8 Å². The monoisotopic (exact) mass is 360 g/mol.